The Morgan fingerprint density at radius 3 is 2.32 bits per heavy atom. The highest BCUT2D eigenvalue weighted by Crippen LogP contribution is 2.24. The molecule has 0 aliphatic carbocycles. The van der Waals surface area contributed by atoms with Crippen LogP contribution in [0.1, 0.15) is 39.2 Å². The zero-order valence-corrected chi connectivity index (χ0v) is 16.7. The highest BCUT2D eigenvalue weighted by atomic mass is 127. The molecule has 0 fully saturated rings. The number of nitrogens with zero attached hydrogens (tertiary/aromatic N) is 1. The first-order valence-electron chi connectivity index (χ1n) is 7.62. The number of benzene rings is 1. The van der Waals surface area contributed by atoms with Gasteiger partial charge in [0.25, 0.3) is 0 Å². The molecule has 4 nitrogen and oxygen atoms in total. The van der Waals surface area contributed by atoms with Crippen LogP contribution in [0, 0.1) is 0 Å². The minimum Gasteiger partial charge on any atom is -0.497 e. The number of ether oxygens (including phenoxy) is 1. The molecule has 0 aliphatic rings. The number of rotatable bonds is 7. The van der Waals surface area contributed by atoms with Gasteiger partial charge in [-0.1, -0.05) is 39.3 Å². The Morgan fingerprint density at radius 1 is 1.18 bits per heavy atom. The van der Waals surface area contributed by atoms with E-state index in [4.69, 9.17) is 4.74 Å². The fourth-order valence-electron chi connectivity index (χ4n) is 2.05. The van der Waals surface area contributed by atoms with Crippen LogP contribution >= 0.6 is 24.0 Å². The van der Waals surface area contributed by atoms with E-state index >= 15 is 0 Å². The van der Waals surface area contributed by atoms with Crippen molar-refractivity contribution in [2.45, 2.75) is 39.0 Å². The maximum atomic E-state index is 5.21. The first kappa shape index (κ1) is 21.0. The van der Waals surface area contributed by atoms with E-state index in [0.29, 0.717) is 0 Å². The summed E-state index contributed by atoms with van der Waals surface area (Å²) in [5.74, 6) is 1.75. The molecule has 0 heterocycles. The van der Waals surface area contributed by atoms with Crippen LogP contribution in [-0.2, 0) is 5.41 Å². The second-order valence-corrected chi connectivity index (χ2v) is 5.82. The molecule has 1 aromatic carbocycles. The van der Waals surface area contributed by atoms with Gasteiger partial charge in [0.2, 0.25) is 0 Å². The van der Waals surface area contributed by atoms with Crippen molar-refractivity contribution in [2.24, 2.45) is 4.99 Å². The number of nitrogens with one attached hydrogen (secondary N) is 2. The van der Waals surface area contributed by atoms with Gasteiger partial charge in [-0.2, -0.15) is 0 Å². The van der Waals surface area contributed by atoms with E-state index in [0.717, 1.165) is 31.2 Å². The molecule has 0 atom stereocenters. The van der Waals surface area contributed by atoms with Crippen molar-refractivity contribution in [1.82, 2.24) is 10.6 Å². The molecule has 0 aromatic heterocycles. The lowest BCUT2D eigenvalue weighted by atomic mass is 9.84. The summed E-state index contributed by atoms with van der Waals surface area (Å²) in [5, 5.41) is 6.73. The van der Waals surface area contributed by atoms with Crippen molar-refractivity contribution in [2.75, 3.05) is 27.2 Å². The molecule has 1 rings (SSSR count). The zero-order valence-electron chi connectivity index (χ0n) is 14.4. The highest BCUT2D eigenvalue weighted by molar-refractivity contribution is 14.0. The Balaban J connectivity index is 0.00000441. The van der Waals surface area contributed by atoms with Gasteiger partial charge >= 0.3 is 0 Å². The van der Waals surface area contributed by atoms with Gasteiger partial charge < -0.3 is 15.4 Å². The molecule has 0 saturated heterocycles. The smallest absolute Gasteiger partial charge is 0.191 e. The van der Waals surface area contributed by atoms with Crippen LogP contribution < -0.4 is 15.4 Å². The minimum absolute atomic E-state index is 0. The monoisotopic (exact) mass is 419 g/mol. The molecule has 0 aliphatic heterocycles. The van der Waals surface area contributed by atoms with Gasteiger partial charge in [-0.15, -0.1) is 24.0 Å². The summed E-state index contributed by atoms with van der Waals surface area (Å²) in [7, 11) is 3.50. The number of halogens is 1. The molecule has 0 spiro atoms. The molecule has 126 valence electrons. The van der Waals surface area contributed by atoms with Crippen molar-refractivity contribution in [1.29, 1.82) is 0 Å². The van der Waals surface area contributed by atoms with E-state index in [1.807, 2.05) is 19.2 Å². The first-order chi connectivity index (χ1) is 10.0. The highest BCUT2D eigenvalue weighted by Gasteiger charge is 2.20. The number of unbranched alkanes of at least 4 members (excludes halogenated alkanes) is 1. The minimum atomic E-state index is 0. The van der Waals surface area contributed by atoms with E-state index in [9.17, 15) is 0 Å². The standard InChI is InChI=1S/C17H29N3O.HI/c1-6-7-12-19-16(18-4)20-13-17(2,3)14-8-10-15(21-5)11-9-14;/h8-11H,6-7,12-13H2,1-5H3,(H2,18,19,20);1H. The van der Waals surface area contributed by atoms with E-state index < -0.39 is 0 Å². The number of methoxy groups -OCH3 is 1. The summed E-state index contributed by atoms with van der Waals surface area (Å²) in [6, 6.07) is 8.25. The third kappa shape index (κ3) is 6.85. The molecule has 0 unspecified atom stereocenters. The molecule has 0 bridgehead atoms. The summed E-state index contributed by atoms with van der Waals surface area (Å²) in [5.41, 5.74) is 1.30. The van der Waals surface area contributed by atoms with E-state index in [-0.39, 0.29) is 29.4 Å². The Labute approximate surface area is 152 Å². The van der Waals surface area contributed by atoms with E-state index in [1.54, 1.807) is 7.11 Å². The maximum absolute atomic E-state index is 5.21. The van der Waals surface area contributed by atoms with E-state index in [2.05, 4.69) is 48.5 Å². The average molecular weight is 419 g/mol. The molecular weight excluding hydrogens is 389 g/mol. The quantitative estimate of drug-likeness (QED) is 0.308. The van der Waals surface area contributed by atoms with Crippen LogP contribution in [-0.4, -0.2) is 33.2 Å². The van der Waals surface area contributed by atoms with Crippen LogP contribution in [0.4, 0.5) is 0 Å². The van der Waals surface area contributed by atoms with Gasteiger partial charge in [0, 0.05) is 25.6 Å². The predicted molar refractivity (Wildman–Crippen MR) is 106 cm³/mol. The Morgan fingerprint density at radius 2 is 1.82 bits per heavy atom. The van der Waals surface area contributed by atoms with Gasteiger partial charge in [0.05, 0.1) is 7.11 Å². The molecule has 5 heteroatoms. The van der Waals surface area contributed by atoms with Crippen molar-refractivity contribution in [3.8, 4) is 5.75 Å². The molecule has 0 radical (unpaired) electrons. The Hall–Kier alpha value is -0.980. The average Bonchev–Trinajstić information content (AvgIpc) is 2.50. The largest absolute Gasteiger partial charge is 0.497 e. The number of hydrogen-bond acceptors (Lipinski definition) is 2. The zero-order chi connectivity index (χ0) is 15.7. The Bertz CT molecular complexity index is 444. The summed E-state index contributed by atoms with van der Waals surface area (Å²) < 4.78 is 5.21. The molecule has 22 heavy (non-hydrogen) atoms. The van der Waals surface area contributed by atoms with Gasteiger partial charge in [-0.05, 0) is 24.1 Å². The lowest BCUT2D eigenvalue weighted by Gasteiger charge is -2.27. The number of guanidine groups is 1. The van der Waals surface area contributed by atoms with Crippen LogP contribution in [0.15, 0.2) is 29.3 Å². The predicted octanol–water partition coefficient (Wildman–Crippen LogP) is 3.56. The van der Waals surface area contributed by atoms with Crippen LogP contribution in [0.25, 0.3) is 0 Å². The second kappa shape index (κ2) is 10.7. The fraction of sp³-hybridized carbons (Fsp3) is 0.588. The molecule has 2 N–H and O–H groups in total. The summed E-state index contributed by atoms with van der Waals surface area (Å²) in [6.07, 6.45) is 2.34. The SMILES string of the molecule is CCCCNC(=NC)NCC(C)(C)c1ccc(OC)cc1.I. The summed E-state index contributed by atoms with van der Waals surface area (Å²) >= 11 is 0. The fourth-order valence-corrected chi connectivity index (χ4v) is 2.05. The topological polar surface area (TPSA) is 45.7 Å². The summed E-state index contributed by atoms with van der Waals surface area (Å²) in [4.78, 5) is 4.26. The normalized spacial score (nSPS) is 11.6. The van der Waals surface area contributed by atoms with Gasteiger partial charge in [-0.25, -0.2) is 0 Å². The van der Waals surface area contributed by atoms with Crippen molar-refractivity contribution < 1.29 is 4.74 Å². The van der Waals surface area contributed by atoms with Crippen molar-refractivity contribution >= 4 is 29.9 Å². The van der Waals surface area contributed by atoms with Crippen LogP contribution in [0.5, 0.6) is 5.75 Å². The molecule has 1 aromatic rings. The summed E-state index contributed by atoms with van der Waals surface area (Å²) in [6.45, 7) is 8.41. The van der Waals surface area contributed by atoms with E-state index in [1.165, 1.54) is 12.0 Å². The molecule has 0 amide bonds. The maximum Gasteiger partial charge on any atom is 0.191 e. The van der Waals surface area contributed by atoms with Crippen molar-refractivity contribution in [3.05, 3.63) is 29.8 Å². The molecule has 0 saturated carbocycles. The van der Waals surface area contributed by atoms with Gasteiger partial charge in [0.1, 0.15) is 5.75 Å². The van der Waals surface area contributed by atoms with Crippen molar-refractivity contribution in [3.63, 3.8) is 0 Å². The Kier molecular flexibility index (Phi) is 10.2. The van der Waals surface area contributed by atoms with Crippen LogP contribution in [0.3, 0.4) is 0 Å². The lowest BCUT2D eigenvalue weighted by molar-refractivity contribution is 0.414. The van der Waals surface area contributed by atoms with Gasteiger partial charge in [-0.3, -0.25) is 4.99 Å². The third-order valence-electron chi connectivity index (χ3n) is 3.62. The van der Waals surface area contributed by atoms with Gasteiger partial charge in [0.15, 0.2) is 5.96 Å². The molecular formula is C17H30IN3O. The lowest BCUT2D eigenvalue weighted by Crippen LogP contribution is -2.43. The number of aliphatic imine (C=N–C) groups is 1. The third-order valence-corrected chi connectivity index (χ3v) is 3.62. The second-order valence-electron chi connectivity index (χ2n) is 5.82. The first-order valence-corrected chi connectivity index (χ1v) is 7.62. The van der Waals surface area contributed by atoms with Crippen LogP contribution in [0.2, 0.25) is 0 Å². The number of hydrogen-bond donors (Lipinski definition) is 2.